The number of aliphatic hydroxyl groups excluding tert-OH is 1. The van der Waals surface area contributed by atoms with Crippen molar-refractivity contribution in [3.8, 4) is 0 Å². The molecule has 3 atom stereocenters. The molecule has 2 rings (SSSR count). The fourth-order valence-electron chi connectivity index (χ4n) is 2.31. The molecule has 0 aliphatic carbocycles. The van der Waals surface area contributed by atoms with Crippen LogP contribution in [0.25, 0.3) is 0 Å². The maximum Gasteiger partial charge on any atom is 0.186 e. The highest BCUT2D eigenvalue weighted by atomic mass is 16.7. The van der Waals surface area contributed by atoms with Gasteiger partial charge in [-0.25, -0.2) is 0 Å². The zero-order valence-electron chi connectivity index (χ0n) is 10.3. The minimum atomic E-state index is -0.473. The molecule has 0 saturated carbocycles. The Morgan fingerprint density at radius 2 is 1.81 bits per heavy atom. The Hall–Kier alpha value is -0.200. The second-order valence-corrected chi connectivity index (χ2v) is 5.61. The number of rotatable bonds is 3. The molecule has 0 aromatic carbocycles. The van der Waals surface area contributed by atoms with Crippen LogP contribution in [0.15, 0.2) is 0 Å². The normalized spacial score (nSPS) is 37.1. The van der Waals surface area contributed by atoms with E-state index >= 15 is 0 Å². The fraction of sp³-hybridized carbons (Fsp3) is 1.00. The summed E-state index contributed by atoms with van der Waals surface area (Å²) in [5.74, 6) is 0. The molecule has 0 aromatic heterocycles. The molecule has 16 heavy (non-hydrogen) atoms. The number of likely N-dealkylation sites (N-methyl/N-ethyl adjacent to an activating group) is 1. The summed E-state index contributed by atoms with van der Waals surface area (Å²) in [4.78, 5) is 0. The second kappa shape index (κ2) is 4.58. The molecule has 0 aromatic rings. The van der Waals surface area contributed by atoms with Gasteiger partial charge in [0.05, 0.1) is 40.5 Å². The van der Waals surface area contributed by atoms with Crippen LogP contribution in [0.4, 0.5) is 0 Å². The number of hydrogen-bond donors (Lipinski definition) is 1. The number of aliphatic hydroxyl groups is 1. The van der Waals surface area contributed by atoms with Crippen LogP contribution in [0.3, 0.4) is 0 Å². The fourth-order valence-corrected chi connectivity index (χ4v) is 2.31. The van der Waals surface area contributed by atoms with Crippen LogP contribution in [0, 0.1) is 0 Å². The van der Waals surface area contributed by atoms with E-state index in [4.69, 9.17) is 14.2 Å². The molecular weight excluding hydrogens is 210 g/mol. The van der Waals surface area contributed by atoms with Crippen LogP contribution in [-0.2, 0) is 14.2 Å². The predicted octanol–water partition coefficient (Wildman–Crippen LogP) is -0.416. The van der Waals surface area contributed by atoms with Crippen molar-refractivity contribution in [3.05, 3.63) is 0 Å². The van der Waals surface area contributed by atoms with Crippen LogP contribution in [-0.4, -0.2) is 75.1 Å². The van der Waals surface area contributed by atoms with Crippen molar-refractivity contribution in [2.24, 2.45) is 0 Å². The average Bonchev–Trinajstić information content (AvgIpc) is 2.71. The molecule has 1 N–H and O–H groups in total. The molecule has 0 amide bonds. The van der Waals surface area contributed by atoms with Crippen molar-refractivity contribution in [2.45, 2.75) is 31.0 Å². The van der Waals surface area contributed by atoms with E-state index in [-0.39, 0.29) is 18.5 Å². The summed E-state index contributed by atoms with van der Waals surface area (Å²) < 4.78 is 17.4. The first-order valence-corrected chi connectivity index (χ1v) is 5.83. The number of nitrogens with zero attached hydrogens (tertiary/aromatic N) is 1. The quantitative estimate of drug-likeness (QED) is 0.672. The SMILES string of the molecule is C[N+](C)(C)C[C@H]1C[C@@H](O)[C@H](C2OCCO2)O1. The molecule has 2 fully saturated rings. The highest BCUT2D eigenvalue weighted by Gasteiger charge is 2.43. The Bertz CT molecular complexity index is 235. The van der Waals surface area contributed by atoms with E-state index in [1.54, 1.807) is 0 Å². The summed E-state index contributed by atoms with van der Waals surface area (Å²) in [6.07, 6.45) is -0.414. The standard InChI is InChI=1S/C11H22NO4/c1-12(2,3)7-8-6-9(13)10(16-8)11-14-4-5-15-11/h8-11,13H,4-7H2,1-3H3/q+1/t8-,9-,10-/m1/s1. The maximum absolute atomic E-state index is 9.92. The van der Waals surface area contributed by atoms with Crippen LogP contribution in [0.5, 0.6) is 0 Å². The first-order valence-electron chi connectivity index (χ1n) is 5.83. The minimum absolute atomic E-state index is 0.0906. The largest absolute Gasteiger partial charge is 0.390 e. The average molecular weight is 232 g/mol. The van der Waals surface area contributed by atoms with E-state index in [2.05, 4.69) is 21.1 Å². The third-order valence-corrected chi connectivity index (χ3v) is 2.90. The lowest BCUT2D eigenvalue weighted by Gasteiger charge is -2.27. The Balaban J connectivity index is 1.88. The molecule has 2 saturated heterocycles. The molecule has 94 valence electrons. The van der Waals surface area contributed by atoms with E-state index in [0.717, 1.165) is 11.0 Å². The van der Waals surface area contributed by atoms with Gasteiger partial charge in [-0.2, -0.15) is 0 Å². The Morgan fingerprint density at radius 3 is 2.38 bits per heavy atom. The van der Waals surface area contributed by atoms with Gasteiger partial charge in [0.2, 0.25) is 0 Å². The van der Waals surface area contributed by atoms with Crippen LogP contribution in [0.1, 0.15) is 6.42 Å². The smallest absolute Gasteiger partial charge is 0.186 e. The lowest BCUT2D eigenvalue weighted by molar-refractivity contribution is -0.873. The molecule has 0 unspecified atom stereocenters. The lowest BCUT2D eigenvalue weighted by atomic mass is 10.1. The molecule has 2 heterocycles. The molecule has 0 radical (unpaired) electrons. The summed E-state index contributed by atoms with van der Waals surface area (Å²) in [5.41, 5.74) is 0. The van der Waals surface area contributed by atoms with Crippen molar-refractivity contribution in [1.29, 1.82) is 0 Å². The summed E-state index contributed by atoms with van der Waals surface area (Å²) in [7, 11) is 6.35. The first-order chi connectivity index (χ1) is 7.46. The minimum Gasteiger partial charge on any atom is -0.390 e. The summed E-state index contributed by atoms with van der Waals surface area (Å²) in [6, 6.07) is 0. The molecule has 0 spiro atoms. The van der Waals surface area contributed by atoms with Gasteiger partial charge in [-0.15, -0.1) is 0 Å². The third-order valence-electron chi connectivity index (χ3n) is 2.90. The maximum atomic E-state index is 9.92. The van der Waals surface area contributed by atoms with Gasteiger partial charge in [0.15, 0.2) is 6.29 Å². The van der Waals surface area contributed by atoms with E-state index in [0.29, 0.717) is 19.6 Å². The van der Waals surface area contributed by atoms with Crippen molar-refractivity contribution in [2.75, 3.05) is 40.9 Å². The summed E-state index contributed by atoms with van der Waals surface area (Å²) >= 11 is 0. The Morgan fingerprint density at radius 1 is 1.19 bits per heavy atom. The monoisotopic (exact) mass is 232 g/mol. The van der Waals surface area contributed by atoms with Gasteiger partial charge in [-0.1, -0.05) is 0 Å². The van der Waals surface area contributed by atoms with E-state index < -0.39 is 6.10 Å². The highest BCUT2D eigenvalue weighted by Crippen LogP contribution is 2.27. The van der Waals surface area contributed by atoms with Gasteiger partial charge in [0.1, 0.15) is 18.8 Å². The molecular formula is C11H22NO4+. The topological polar surface area (TPSA) is 47.9 Å². The van der Waals surface area contributed by atoms with Gasteiger partial charge in [0.25, 0.3) is 0 Å². The molecule has 2 aliphatic rings. The van der Waals surface area contributed by atoms with Crippen LogP contribution < -0.4 is 0 Å². The Kier molecular flexibility index (Phi) is 3.51. The van der Waals surface area contributed by atoms with Crippen LogP contribution >= 0.6 is 0 Å². The summed E-state index contributed by atoms with van der Waals surface area (Å²) in [5, 5.41) is 9.92. The number of quaternary nitrogens is 1. The van der Waals surface area contributed by atoms with Gasteiger partial charge in [-0.3, -0.25) is 0 Å². The zero-order chi connectivity index (χ0) is 11.8. The lowest BCUT2D eigenvalue weighted by Crippen LogP contribution is -2.42. The van der Waals surface area contributed by atoms with Crippen molar-refractivity contribution in [1.82, 2.24) is 0 Å². The molecule has 2 aliphatic heterocycles. The third kappa shape index (κ3) is 2.93. The van der Waals surface area contributed by atoms with E-state index in [9.17, 15) is 5.11 Å². The van der Waals surface area contributed by atoms with Crippen molar-refractivity contribution in [3.63, 3.8) is 0 Å². The van der Waals surface area contributed by atoms with Crippen molar-refractivity contribution >= 4 is 0 Å². The molecule has 5 nitrogen and oxygen atoms in total. The zero-order valence-corrected chi connectivity index (χ0v) is 10.3. The molecule has 5 heteroatoms. The first kappa shape index (κ1) is 12.3. The summed E-state index contributed by atoms with van der Waals surface area (Å²) in [6.45, 7) is 2.08. The number of hydrogen-bond acceptors (Lipinski definition) is 4. The van der Waals surface area contributed by atoms with Gasteiger partial charge >= 0.3 is 0 Å². The number of ether oxygens (including phenoxy) is 3. The van der Waals surface area contributed by atoms with Gasteiger partial charge in [-0.05, 0) is 0 Å². The van der Waals surface area contributed by atoms with Crippen LogP contribution in [0.2, 0.25) is 0 Å². The highest BCUT2D eigenvalue weighted by molar-refractivity contribution is 4.85. The van der Waals surface area contributed by atoms with Crippen molar-refractivity contribution < 1.29 is 23.8 Å². The predicted molar refractivity (Wildman–Crippen MR) is 57.9 cm³/mol. The molecule has 0 bridgehead atoms. The van der Waals surface area contributed by atoms with E-state index in [1.165, 1.54) is 0 Å². The van der Waals surface area contributed by atoms with Gasteiger partial charge < -0.3 is 23.8 Å². The van der Waals surface area contributed by atoms with E-state index in [1.807, 2.05) is 0 Å². The second-order valence-electron chi connectivity index (χ2n) is 5.61. The Labute approximate surface area is 96.5 Å². The van der Waals surface area contributed by atoms with Gasteiger partial charge in [0, 0.05) is 6.42 Å².